The highest BCUT2D eigenvalue weighted by molar-refractivity contribution is 5.97. The van der Waals surface area contributed by atoms with E-state index in [0.29, 0.717) is 51.6 Å². The lowest BCUT2D eigenvalue weighted by molar-refractivity contribution is -0.0243. The van der Waals surface area contributed by atoms with Crippen LogP contribution in [-0.4, -0.2) is 58.5 Å². The number of halogens is 5. The first-order valence-electron chi connectivity index (χ1n) is 13.2. The summed E-state index contributed by atoms with van der Waals surface area (Å²) >= 11 is 0. The zero-order valence-corrected chi connectivity index (χ0v) is 21.6. The molecule has 4 rings (SSSR count). The topological polar surface area (TPSA) is 55.3 Å². The van der Waals surface area contributed by atoms with Gasteiger partial charge in [-0.15, -0.1) is 0 Å². The summed E-state index contributed by atoms with van der Waals surface area (Å²) in [6, 6.07) is 6.34. The summed E-state index contributed by atoms with van der Waals surface area (Å²) in [6.45, 7) is 2.11. The van der Waals surface area contributed by atoms with Gasteiger partial charge in [0.05, 0.1) is 0 Å². The van der Waals surface area contributed by atoms with Crippen LogP contribution in [0.3, 0.4) is 0 Å². The van der Waals surface area contributed by atoms with Gasteiger partial charge in [-0.25, -0.2) is 26.9 Å². The smallest absolute Gasteiger partial charge is 0.281 e. The molecule has 1 aliphatic heterocycles. The number of hydrogen-bond acceptors (Lipinski definition) is 5. The fourth-order valence-corrected chi connectivity index (χ4v) is 5.32. The summed E-state index contributed by atoms with van der Waals surface area (Å²) in [6.07, 6.45) is 2.10. The average molecular weight is 540 g/mol. The Morgan fingerprint density at radius 2 is 1.92 bits per heavy atom. The van der Waals surface area contributed by atoms with E-state index in [4.69, 9.17) is 4.74 Å². The number of carbonyl (C=O) groups excluding carboxylic acids is 1. The van der Waals surface area contributed by atoms with Crippen LogP contribution in [0.4, 0.5) is 22.0 Å². The van der Waals surface area contributed by atoms with Gasteiger partial charge in [0, 0.05) is 62.9 Å². The molecule has 38 heavy (non-hydrogen) atoms. The summed E-state index contributed by atoms with van der Waals surface area (Å²) in [7, 11) is 0. The Bertz CT molecular complexity index is 1100. The summed E-state index contributed by atoms with van der Waals surface area (Å²) in [5.74, 6) is -3.13. The Hall–Kier alpha value is -2.62. The molecule has 0 unspecified atom stereocenters. The Morgan fingerprint density at radius 3 is 2.63 bits per heavy atom. The molecule has 0 saturated heterocycles. The van der Waals surface area contributed by atoms with Crippen molar-refractivity contribution in [1.29, 1.82) is 0 Å². The lowest BCUT2D eigenvalue weighted by Crippen LogP contribution is -2.36. The van der Waals surface area contributed by atoms with Crippen LogP contribution in [0, 0.1) is 5.92 Å². The minimum absolute atomic E-state index is 0.0278. The second-order valence-corrected chi connectivity index (χ2v) is 10.7. The predicted molar refractivity (Wildman–Crippen MR) is 133 cm³/mol. The molecule has 2 aromatic rings. The van der Waals surface area contributed by atoms with Crippen LogP contribution < -0.4 is 4.74 Å². The molecule has 10 heteroatoms. The van der Waals surface area contributed by atoms with Gasteiger partial charge in [-0.3, -0.25) is 9.78 Å². The number of ether oxygens (including phenoxy) is 1. The number of alkyl halides is 5. The van der Waals surface area contributed by atoms with Crippen molar-refractivity contribution in [2.24, 2.45) is 5.92 Å². The lowest BCUT2D eigenvalue weighted by Gasteiger charge is -2.35. The molecule has 2 aliphatic rings. The van der Waals surface area contributed by atoms with E-state index in [1.54, 1.807) is 6.07 Å². The Kier molecular flexibility index (Phi) is 9.00. The summed E-state index contributed by atoms with van der Waals surface area (Å²) in [5, 5.41) is 0. The van der Waals surface area contributed by atoms with Gasteiger partial charge in [0.15, 0.2) is 12.4 Å². The molecule has 2 aromatic heterocycles. The molecule has 0 spiro atoms. The second-order valence-electron chi connectivity index (χ2n) is 10.7. The fraction of sp³-hybridized carbons (Fsp3) is 0.607. The predicted octanol–water partition coefficient (Wildman–Crippen LogP) is 6.41. The minimum Gasteiger partial charge on any atom is -0.471 e. The number of Topliss-reactive ketones (excluding diaryl/α,β-unsaturated/α-hetero) is 1. The van der Waals surface area contributed by atoms with E-state index in [0.717, 1.165) is 31.1 Å². The number of carbonyl (C=O) groups is 1. The number of aromatic nitrogens is 2. The molecule has 0 amide bonds. The van der Waals surface area contributed by atoms with Crippen LogP contribution in [0.5, 0.6) is 5.88 Å². The molecule has 0 radical (unpaired) electrons. The van der Waals surface area contributed by atoms with Gasteiger partial charge in [-0.2, -0.15) is 0 Å². The van der Waals surface area contributed by atoms with E-state index in [2.05, 4.69) is 14.9 Å². The van der Waals surface area contributed by atoms with E-state index in [9.17, 15) is 22.4 Å². The summed E-state index contributed by atoms with van der Waals surface area (Å²) < 4.78 is 73.3. The van der Waals surface area contributed by atoms with Crippen molar-refractivity contribution in [3.63, 3.8) is 0 Å². The van der Waals surface area contributed by atoms with Crippen molar-refractivity contribution in [3.8, 4) is 5.88 Å². The van der Waals surface area contributed by atoms with Gasteiger partial charge in [0.25, 0.3) is 12.3 Å². The summed E-state index contributed by atoms with van der Waals surface area (Å²) in [5.41, 5.74) is 0.0265. The van der Waals surface area contributed by atoms with Gasteiger partial charge in [0.2, 0.25) is 5.88 Å². The van der Waals surface area contributed by atoms with E-state index < -0.39 is 30.3 Å². The van der Waals surface area contributed by atoms with E-state index in [1.807, 2.05) is 6.07 Å². The van der Waals surface area contributed by atoms with Crippen molar-refractivity contribution in [1.82, 2.24) is 14.9 Å². The third-order valence-corrected chi connectivity index (χ3v) is 7.58. The molecule has 208 valence electrons. The molecule has 0 bridgehead atoms. The van der Waals surface area contributed by atoms with Crippen LogP contribution >= 0.6 is 0 Å². The minimum atomic E-state index is -2.93. The van der Waals surface area contributed by atoms with Gasteiger partial charge < -0.3 is 9.64 Å². The molecule has 1 aliphatic carbocycles. The van der Waals surface area contributed by atoms with Crippen molar-refractivity contribution in [2.45, 2.75) is 76.3 Å². The van der Waals surface area contributed by atoms with Crippen molar-refractivity contribution >= 4 is 5.78 Å². The molecule has 1 saturated carbocycles. The molecule has 0 atom stereocenters. The van der Waals surface area contributed by atoms with Crippen LogP contribution in [-0.2, 0) is 12.8 Å². The Morgan fingerprint density at radius 1 is 1.18 bits per heavy atom. The number of rotatable bonds is 10. The first-order chi connectivity index (χ1) is 18.0. The van der Waals surface area contributed by atoms with Gasteiger partial charge in [-0.1, -0.05) is 6.07 Å². The van der Waals surface area contributed by atoms with Crippen LogP contribution in [0.25, 0.3) is 0 Å². The third-order valence-electron chi connectivity index (χ3n) is 7.58. The molecular weight excluding hydrogens is 505 g/mol. The number of ketones is 1. The molecule has 3 heterocycles. The van der Waals surface area contributed by atoms with Crippen LogP contribution in [0.15, 0.2) is 30.5 Å². The Balaban J connectivity index is 1.23. The maximum Gasteiger partial charge on any atom is 0.281 e. The zero-order chi connectivity index (χ0) is 27.3. The van der Waals surface area contributed by atoms with Crippen LogP contribution in [0.1, 0.15) is 79.2 Å². The summed E-state index contributed by atoms with van der Waals surface area (Å²) in [4.78, 5) is 22.9. The largest absolute Gasteiger partial charge is 0.471 e. The molecular formula is C28H34F5N3O2. The van der Waals surface area contributed by atoms with Gasteiger partial charge >= 0.3 is 0 Å². The van der Waals surface area contributed by atoms with Crippen molar-refractivity contribution in [2.75, 3.05) is 26.2 Å². The fourth-order valence-electron chi connectivity index (χ4n) is 5.32. The first kappa shape index (κ1) is 28.4. The average Bonchev–Trinajstić information content (AvgIpc) is 3.09. The maximum absolute atomic E-state index is 15.6. The van der Waals surface area contributed by atoms with Gasteiger partial charge in [-0.05, 0) is 62.1 Å². The quantitative estimate of drug-likeness (QED) is 0.258. The van der Waals surface area contributed by atoms with Crippen molar-refractivity contribution in [3.05, 3.63) is 53.0 Å². The molecule has 1 fully saturated rings. The van der Waals surface area contributed by atoms with E-state index >= 15 is 4.39 Å². The lowest BCUT2D eigenvalue weighted by atomic mass is 9.76. The number of pyridine rings is 2. The van der Waals surface area contributed by atoms with Crippen molar-refractivity contribution < 1.29 is 31.5 Å². The van der Waals surface area contributed by atoms with Gasteiger partial charge in [0.1, 0.15) is 11.4 Å². The maximum atomic E-state index is 15.6. The normalized spacial score (nSPS) is 22.7. The highest BCUT2D eigenvalue weighted by Crippen LogP contribution is 2.39. The molecule has 5 nitrogen and oxygen atoms in total. The highest BCUT2D eigenvalue weighted by Gasteiger charge is 2.36. The zero-order valence-electron chi connectivity index (χ0n) is 21.6. The number of fused-ring (bicyclic) bond motifs is 1. The van der Waals surface area contributed by atoms with E-state index in [-0.39, 0.29) is 29.6 Å². The number of hydrogen-bond donors (Lipinski definition) is 0. The first-order valence-corrected chi connectivity index (χ1v) is 13.2. The Labute approximate surface area is 219 Å². The number of nitrogens with zero attached hydrogens (tertiary/aromatic N) is 3. The van der Waals surface area contributed by atoms with E-state index in [1.165, 1.54) is 18.3 Å². The third kappa shape index (κ3) is 7.71. The highest BCUT2D eigenvalue weighted by atomic mass is 19.3. The standard InChI is InChI=1S/C28H34F5N3O2/c1-27(31,32)18-38-24-5-4-20-8-14-36(15-9-22(20)35-24)16-12-28(33)10-6-19(7-11-28)17-23(37)21-3-2-13-34-25(21)26(29)30/h2-5,13,19,26H,6-12,14-18H2,1H3. The van der Waals surface area contributed by atoms with Crippen LogP contribution in [0.2, 0.25) is 0 Å². The molecule has 0 N–H and O–H groups in total. The second kappa shape index (κ2) is 12.1. The molecule has 0 aromatic carbocycles. The SMILES string of the molecule is CC(F)(F)COc1ccc2c(n1)CCN(CCC1(F)CCC(CC(=O)c3cccnc3C(F)F)CC1)CC2. The monoisotopic (exact) mass is 539 g/mol.